The minimum Gasteiger partial charge on any atom is -0.481 e. The summed E-state index contributed by atoms with van der Waals surface area (Å²) in [6.45, 7) is 3.76. The molecule has 2 aliphatic rings. The lowest BCUT2D eigenvalue weighted by atomic mass is 9.83. The maximum absolute atomic E-state index is 15.9. The van der Waals surface area contributed by atoms with Crippen LogP contribution >= 0.6 is 23.5 Å². The van der Waals surface area contributed by atoms with E-state index < -0.39 is 137 Å². The van der Waals surface area contributed by atoms with Crippen LogP contribution in [0.3, 0.4) is 0 Å². The number of imidazole rings is 1. The Hall–Kier alpha value is -10.4. The number of amides is 9. The number of hydrogen-bond acceptors (Lipinski definition) is 14. The highest BCUT2D eigenvalue weighted by Gasteiger charge is 2.49. The quantitative estimate of drug-likeness (QED) is 0.0556. The predicted octanol–water partition coefficient (Wildman–Crippen LogP) is 5.60. The lowest BCUT2D eigenvalue weighted by Gasteiger charge is -2.39. The Morgan fingerprint density at radius 1 is 0.625 bits per heavy atom. The molecule has 1 fully saturated rings. The minimum absolute atomic E-state index is 0.0535. The van der Waals surface area contributed by atoms with Gasteiger partial charge in [0, 0.05) is 114 Å². The number of aromatic nitrogens is 4. The number of nitrogens with one attached hydrogen (secondary N) is 11. The minimum atomic E-state index is -2.02. The summed E-state index contributed by atoms with van der Waals surface area (Å²) in [5.74, 6) is -9.03. The van der Waals surface area contributed by atoms with Crippen LogP contribution in [0.5, 0.6) is 0 Å². The van der Waals surface area contributed by atoms with Crippen molar-refractivity contribution in [3.63, 3.8) is 0 Å². The third-order valence-corrected chi connectivity index (χ3v) is 20.8. The van der Waals surface area contributed by atoms with Gasteiger partial charge in [-0.25, -0.2) is 13.8 Å². The van der Waals surface area contributed by atoms with Gasteiger partial charge in [-0.1, -0.05) is 84.9 Å². The second-order valence-electron chi connectivity index (χ2n) is 26.3. The van der Waals surface area contributed by atoms with E-state index in [1.807, 2.05) is 18.2 Å². The highest BCUT2D eigenvalue weighted by molar-refractivity contribution is 7.98. The van der Waals surface area contributed by atoms with E-state index in [1.165, 1.54) is 84.9 Å². The van der Waals surface area contributed by atoms with Gasteiger partial charge in [-0.05, 0) is 122 Å². The Labute approximate surface area is 607 Å². The molecule has 3 aromatic heterocycles. The number of carbonyl (C=O) groups is 10. The van der Waals surface area contributed by atoms with Crippen molar-refractivity contribution in [2.24, 2.45) is 5.73 Å². The van der Waals surface area contributed by atoms with E-state index in [1.54, 1.807) is 79.3 Å². The SMILES string of the molecule is C[C@H]1NC(=O)[C@H](CCCCN)NC(=O)CCSCc2cccc(c2)CSCCNC(=O)[C@]2(C)CCCN2C(=O)C(C(c2ccccc2)c2ccccc2)NC(=O)[C@H](Cc2cnc[nH]2)NC(=O)[C@H](CC(=O)O)NC(=O)[C@H](Cc2c[nH]c3ccc(F)cc23)NC(=O)[C@H](Cc2c[nH]c3ccc(F)cc23)NC1=O. The maximum atomic E-state index is 15.9. The summed E-state index contributed by atoms with van der Waals surface area (Å²) in [5.41, 5.74) is 9.49. The number of nitrogens with two attached hydrogens (primary N) is 1. The van der Waals surface area contributed by atoms with E-state index in [9.17, 15) is 33.5 Å². The number of carbonyl (C=O) groups excluding carboxylic acids is 9. The summed E-state index contributed by atoms with van der Waals surface area (Å²) < 4.78 is 30.0. The molecule has 8 aromatic rings. The van der Waals surface area contributed by atoms with Crippen LogP contribution < -0.4 is 48.3 Å². The zero-order chi connectivity index (χ0) is 73.9. The number of aromatic amines is 3. The van der Waals surface area contributed by atoms with Crippen molar-refractivity contribution in [1.82, 2.24) is 67.4 Å². The summed E-state index contributed by atoms with van der Waals surface area (Å²) in [6, 6.07) is 22.7. The Morgan fingerprint density at radius 3 is 1.75 bits per heavy atom. The number of fused-ring (bicyclic) bond motifs is 5. The van der Waals surface area contributed by atoms with Gasteiger partial charge in [0.25, 0.3) is 0 Å². The first kappa shape index (κ1) is 76.3. The zero-order valence-electron chi connectivity index (χ0n) is 57.6. The van der Waals surface area contributed by atoms with Crippen LogP contribution in [0, 0.1) is 11.6 Å². The highest BCUT2D eigenvalue weighted by Crippen LogP contribution is 2.36. The summed E-state index contributed by atoms with van der Waals surface area (Å²) in [6.07, 6.45) is 5.35. The van der Waals surface area contributed by atoms with Gasteiger partial charge >= 0.3 is 5.97 Å². The number of unbranched alkanes of at least 4 members (excludes halogenated alkanes) is 1. The average Bonchev–Trinajstić information content (AvgIpc) is 1.40. The van der Waals surface area contributed by atoms with Crippen molar-refractivity contribution in [2.75, 3.05) is 31.1 Å². The van der Waals surface area contributed by atoms with Crippen LogP contribution in [0.25, 0.3) is 21.8 Å². The second-order valence-corrected chi connectivity index (χ2v) is 28.5. The molecule has 8 atom stereocenters. The molecule has 2 bridgehead atoms. The molecule has 29 heteroatoms. The third-order valence-electron chi connectivity index (χ3n) is 18.7. The number of benzene rings is 5. The van der Waals surface area contributed by atoms with Gasteiger partial charge in [-0.2, -0.15) is 23.5 Å². The van der Waals surface area contributed by atoms with Gasteiger partial charge < -0.3 is 73.2 Å². The molecule has 0 radical (unpaired) electrons. The molecule has 0 aliphatic carbocycles. The molecular formula is C75H86F2N14O11S2. The average molecular weight is 1460 g/mol. The third kappa shape index (κ3) is 20.1. The first-order valence-electron chi connectivity index (χ1n) is 34.6. The summed E-state index contributed by atoms with van der Waals surface area (Å²) in [7, 11) is 0. The van der Waals surface area contributed by atoms with Crippen LogP contribution in [0.2, 0.25) is 0 Å². The Balaban J connectivity index is 1.01. The molecule has 25 nitrogen and oxygen atoms in total. The molecule has 548 valence electrons. The fourth-order valence-electron chi connectivity index (χ4n) is 13.2. The fourth-order valence-corrected chi connectivity index (χ4v) is 14.9. The normalized spacial score (nSPS) is 22.5. The van der Waals surface area contributed by atoms with Gasteiger partial charge in [-0.15, -0.1) is 0 Å². The van der Waals surface area contributed by atoms with Crippen molar-refractivity contribution >= 4 is 104 Å². The number of H-pyrrole nitrogens is 3. The number of hydrogen-bond donors (Lipinski definition) is 13. The summed E-state index contributed by atoms with van der Waals surface area (Å²) in [5, 5.41) is 33.1. The standard InChI is InChI=1S/C75H86F2N14O11S2/c1-44-67(95)86-59(32-49-38-81-56-22-20-51(76)34-54(49)56)69(97)87-60(33-50-39-82-57-23-21-52(77)35-55(50)57)70(98)89-62(37-64(93)94)71(99)88-61(36-53-40-79-43-83-53)72(100)90-66(65(47-15-5-3-6-16-47)48-17-7-4-8-18-48)73(101)91-28-12-25-75(91,2)74(102)80-27-30-104-42-46-14-11-13-45(31-46)41-103-29-24-63(92)85-58(68(96)84-44)19-9-10-26-78/h3-8,11,13-18,20-23,31,34-35,38-40,43-44,58-62,65-66,81-82H,9-10,12,19,24-30,32-33,36-37,41-42,78H2,1-2H3,(H,79,83)(H,80,102)(H,84,96)(H,85,92)(H,86,95)(H,87,97)(H,88,99)(H,89,98)(H,90,100)(H,93,94)/t44-,58+,59+,60+,61+,62+,66?,75+/m1/s1. The lowest BCUT2D eigenvalue weighted by molar-refractivity contribution is -0.147. The molecule has 2 aliphatic heterocycles. The van der Waals surface area contributed by atoms with E-state index >= 15 is 28.4 Å². The Bertz CT molecular complexity index is 4320. The van der Waals surface area contributed by atoms with Crippen LogP contribution in [0.4, 0.5) is 8.78 Å². The number of rotatable bonds is 15. The van der Waals surface area contributed by atoms with Crippen molar-refractivity contribution in [1.29, 1.82) is 0 Å². The maximum Gasteiger partial charge on any atom is 0.305 e. The van der Waals surface area contributed by atoms with Crippen molar-refractivity contribution < 1.29 is 61.8 Å². The monoisotopic (exact) mass is 1460 g/mol. The van der Waals surface area contributed by atoms with Crippen LogP contribution in [0.1, 0.15) is 104 Å². The van der Waals surface area contributed by atoms with E-state index in [0.717, 1.165) is 11.1 Å². The molecule has 10 rings (SSSR count). The first-order valence-corrected chi connectivity index (χ1v) is 36.9. The Kier molecular flexibility index (Phi) is 26.5. The number of nitrogens with zero attached hydrogens (tertiary/aromatic N) is 2. The second kappa shape index (κ2) is 36.2. The molecule has 0 spiro atoms. The number of carboxylic acid groups (broad SMARTS) is 1. The van der Waals surface area contributed by atoms with Crippen LogP contribution in [0.15, 0.2) is 146 Å². The van der Waals surface area contributed by atoms with Gasteiger partial charge in [0.15, 0.2) is 0 Å². The van der Waals surface area contributed by atoms with Crippen molar-refractivity contribution in [2.45, 2.75) is 143 Å². The molecule has 1 unspecified atom stereocenters. The molecule has 9 amide bonds. The van der Waals surface area contributed by atoms with Crippen molar-refractivity contribution in [3.05, 3.63) is 197 Å². The smallest absolute Gasteiger partial charge is 0.305 e. The molecule has 1 saturated heterocycles. The lowest BCUT2D eigenvalue weighted by Crippen LogP contribution is -2.63. The zero-order valence-corrected chi connectivity index (χ0v) is 59.2. The van der Waals surface area contributed by atoms with E-state index in [0.29, 0.717) is 87.6 Å². The van der Waals surface area contributed by atoms with E-state index in [2.05, 4.69) is 68.5 Å². The number of thioether (sulfide) groups is 2. The predicted molar refractivity (Wildman–Crippen MR) is 391 cm³/mol. The highest BCUT2D eigenvalue weighted by atomic mass is 32.2. The molecule has 104 heavy (non-hydrogen) atoms. The molecular weight excluding hydrogens is 1380 g/mol. The van der Waals surface area contributed by atoms with E-state index in [4.69, 9.17) is 5.73 Å². The summed E-state index contributed by atoms with van der Waals surface area (Å²) in [4.78, 5) is 161. The van der Waals surface area contributed by atoms with Gasteiger partial charge in [-0.3, -0.25) is 47.9 Å². The van der Waals surface area contributed by atoms with Gasteiger partial charge in [0.05, 0.1) is 12.7 Å². The number of carboxylic acids is 1. The molecule has 5 aromatic carbocycles. The first-order chi connectivity index (χ1) is 50.1. The van der Waals surface area contributed by atoms with Gasteiger partial charge in [0.2, 0.25) is 53.2 Å². The van der Waals surface area contributed by atoms with Crippen molar-refractivity contribution in [3.8, 4) is 0 Å². The van der Waals surface area contributed by atoms with E-state index in [-0.39, 0.29) is 56.1 Å². The molecule has 14 N–H and O–H groups in total. The topological polar surface area (TPSA) is 377 Å². The number of aliphatic carboxylic acids is 1. The fraction of sp³-hybridized carbons (Fsp3) is 0.373. The summed E-state index contributed by atoms with van der Waals surface area (Å²) >= 11 is 3.13. The van der Waals surface area contributed by atoms with Crippen LogP contribution in [-0.4, -0.2) is 168 Å². The Morgan fingerprint density at radius 2 is 1.17 bits per heavy atom. The van der Waals surface area contributed by atoms with Gasteiger partial charge in [0.1, 0.15) is 59.5 Å². The molecule has 5 heterocycles. The van der Waals surface area contributed by atoms with Crippen LogP contribution in [-0.2, 0) is 78.7 Å². The molecule has 0 saturated carbocycles. The number of halogens is 2. The largest absolute Gasteiger partial charge is 0.481 e.